The van der Waals surface area contributed by atoms with Crippen LogP contribution in [0.15, 0.2) is 60.7 Å². The zero-order chi connectivity index (χ0) is 11.9. The molecule has 2 nitrogen and oxygen atoms in total. The molecule has 2 rings (SSSR count). The highest BCUT2D eigenvalue weighted by Gasteiger charge is 2.12. The van der Waals surface area contributed by atoms with Crippen LogP contribution in [0, 0.1) is 0 Å². The van der Waals surface area contributed by atoms with Gasteiger partial charge in [-0.2, -0.15) is 0 Å². The summed E-state index contributed by atoms with van der Waals surface area (Å²) >= 11 is 0. The van der Waals surface area contributed by atoms with Gasteiger partial charge in [0.1, 0.15) is 6.10 Å². The van der Waals surface area contributed by atoms with Gasteiger partial charge in [0.15, 0.2) is 0 Å². The first-order chi connectivity index (χ1) is 8.40. The molecule has 0 aliphatic rings. The molecule has 96 valence electrons. The molecule has 0 radical (unpaired) electrons. The summed E-state index contributed by atoms with van der Waals surface area (Å²) in [6.45, 7) is 0. The number of hydrogen-bond donors (Lipinski definition) is 1. The van der Waals surface area contributed by atoms with E-state index in [0.717, 1.165) is 12.8 Å². The van der Waals surface area contributed by atoms with Gasteiger partial charge in [0.25, 0.3) is 0 Å². The van der Waals surface area contributed by atoms with Crippen molar-refractivity contribution in [3.8, 4) is 0 Å². The van der Waals surface area contributed by atoms with Gasteiger partial charge in [-0.3, -0.25) is 0 Å². The van der Waals surface area contributed by atoms with E-state index in [2.05, 4.69) is 42.3 Å². The minimum Gasteiger partial charge on any atom is -1.00 e. The van der Waals surface area contributed by atoms with E-state index in [-0.39, 0.29) is 18.5 Å². The third-order valence-electron chi connectivity index (χ3n) is 2.91. The molecular weight excluding hydrogens is 246 g/mol. The Kier molecular flexibility index (Phi) is 6.44. The molecule has 0 aliphatic heterocycles. The van der Waals surface area contributed by atoms with Crippen molar-refractivity contribution in [3.05, 3.63) is 71.8 Å². The molecule has 0 saturated carbocycles. The standard InChI is InChI=1S/C15H18NO.ClH/c16-17-15(14-9-5-2-6-10-14)12-11-13-7-3-1-4-8-13;/h1-10,15H,11-12H2,16H3;1H/q+1;/p-1. The average molecular weight is 264 g/mol. The monoisotopic (exact) mass is 263 g/mol. The topological polar surface area (TPSA) is 36.9 Å². The Morgan fingerprint density at radius 1 is 0.889 bits per heavy atom. The van der Waals surface area contributed by atoms with Crippen LogP contribution in [0.25, 0.3) is 0 Å². The second-order valence-corrected chi connectivity index (χ2v) is 4.09. The Morgan fingerprint density at radius 2 is 1.44 bits per heavy atom. The van der Waals surface area contributed by atoms with Crippen LogP contribution < -0.4 is 18.3 Å². The molecular formula is C15H18ClNO. The van der Waals surface area contributed by atoms with Crippen LogP contribution in [0.2, 0.25) is 0 Å². The summed E-state index contributed by atoms with van der Waals surface area (Å²) in [4.78, 5) is 5.31. The summed E-state index contributed by atoms with van der Waals surface area (Å²) in [7, 11) is 0. The van der Waals surface area contributed by atoms with E-state index >= 15 is 0 Å². The third kappa shape index (κ3) is 4.15. The van der Waals surface area contributed by atoms with Gasteiger partial charge in [0, 0.05) is 0 Å². The van der Waals surface area contributed by atoms with Crippen LogP contribution in [-0.4, -0.2) is 0 Å². The molecule has 0 bridgehead atoms. The maximum Gasteiger partial charge on any atom is 0.142 e. The lowest BCUT2D eigenvalue weighted by atomic mass is 10.0. The second kappa shape index (κ2) is 7.88. The Bertz CT molecular complexity index is 433. The van der Waals surface area contributed by atoms with E-state index < -0.39 is 0 Å². The van der Waals surface area contributed by atoms with Gasteiger partial charge in [-0.25, -0.2) is 10.7 Å². The smallest absolute Gasteiger partial charge is 0.142 e. The van der Waals surface area contributed by atoms with Crippen molar-refractivity contribution in [2.24, 2.45) is 0 Å². The number of aryl methyl sites for hydroxylation is 1. The molecule has 0 fully saturated rings. The fraction of sp³-hybridized carbons (Fsp3) is 0.200. The molecule has 0 aliphatic carbocycles. The molecule has 3 heteroatoms. The molecule has 3 N–H and O–H groups in total. The van der Waals surface area contributed by atoms with Gasteiger partial charge >= 0.3 is 0 Å². The van der Waals surface area contributed by atoms with E-state index in [0.29, 0.717) is 0 Å². The van der Waals surface area contributed by atoms with E-state index in [1.54, 1.807) is 0 Å². The zero-order valence-electron chi connectivity index (χ0n) is 10.3. The zero-order valence-corrected chi connectivity index (χ0v) is 11.0. The van der Waals surface area contributed by atoms with Crippen molar-refractivity contribution in [2.45, 2.75) is 18.9 Å². The van der Waals surface area contributed by atoms with Crippen molar-refractivity contribution in [2.75, 3.05) is 0 Å². The summed E-state index contributed by atoms with van der Waals surface area (Å²) in [6, 6.07) is 20.7. The largest absolute Gasteiger partial charge is 1.00 e. The first-order valence-corrected chi connectivity index (χ1v) is 5.90. The lowest BCUT2D eigenvalue weighted by Crippen LogP contribution is -3.00. The lowest BCUT2D eigenvalue weighted by Gasteiger charge is -2.12. The number of benzene rings is 2. The van der Waals surface area contributed by atoms with Gasteiger partial charge < -0.3 is 12.4 Å². The summed E-state index contributed by atoms with van der Waals surface area (Å²) < 4.78 is 0. The number of rotatable bonds is 5. The molecule has 18 heavy (non-hydrogen) atoms. The Labute approximate surface area is 114 Å². The number of quaternary nitrogens is 1. The van der Waals surface area contributed by atoms with Crippen LogP contribution in [0.5, 0.6) is 0 Å². The summed E-state index contributed by atoms with van der Waals surface area (Å²) in [5.41, 5.74) is 2.53. The van der Waals surface area contributed by atoms with E-state index in [1.165, 1.54) is 11.1 Å². The molecule has 0 saturated heterocycles. The van der Waals surface area contributed by atoms with Crippen molar-refractivity contribution < 1.29 is 23.1 Å². The minimum atomic E-state index is 0. The molecule has 2 aromatic carbocycles. The fourth-order valence-corrected chi connectivity index (χ4v) is 1.96. The highest BCUT2D eigenvalue weighted by Crippen LogP contribution is 2.20. The van der Waals surface area contributed by atoms with Crippen LogP contribution in [0.1, 0.15) is 23.7 Å². The Hall–Kier alpha value is -1.35. The molecule has 0 heterocycles. The number of halogens is 1. The SMILES string of the molecule is [Cl-].[NH3+]OC(CCc1ccccc1)c1ccccc1. The highest BCUT2D eigenvalue weighted by molar-refractivity contribution is 5.19. The second-order valence-electron chi connectivity index (χ2n) is 4.09. The average Bonchev–Trinajstić information content (AvgIpc) is 2.42. The molecule has 1 unspecified atom stereocenters. The van der Waals surface area contributed by atoms with E-state index in [1.807, 2.05) is 24.3 Å². The van der Waals surface area contributed by atoms with Gasteiger partial charge in [-0.1, -0.05) is 60.7 Å². The summed E-state index contributed by atoms with van der Waals surface area (Å²) in [5.74, 6) is 3.57. The maximum absolute atomic E-state index is 5.31. The predicted molar refractivity (Wildman–Crippen MR) is 67.9 cm³/mol. The third-order valence-corrected chi connectivity index (χ3v) is 2.91. The first kappa shape index (κ1) is 14.7. The molecule has 0 spiro atoms. The van der Waals surface area contributed by atoms with Crippen molar-refractivity contribution in [1.29, 1.82) is 0 Å². The lowest BCUT2D eigenvalue weighted by molar-refractivity contribution is -0.705. The maximum atomic E-state index is 5.31. The van der Waals surface area contributed by atoms with Crippen molar-refractivity contribution >= 4 is 0 Å². The summed E-state index contributed by atoms with van der Waals surface area (Å²) in [5, 5.41) is 0. The van der Waals surface area contributed by atoms with Crippen LogP contribution in [0.4, 0.5) is 0 Å². The molecule has 1 atom stereocenters. The van der Waals surface area contributed by atoms with Gasteiger partial charge in [0.05, 0.1) is 0 Å². The van der Waals surface area contributed by atoms with E-state index in [4.69, 9.17) is 4.84 Å². The first-order valence-electron chi connectivity index (χ1n) is 5.90. The quantitative estimate of drug-likeness (QED) is 0.729. The molecule has 2 aromatic rings. The minimum absolute atomic E-state index is 0. The fourth-order valence-electron chi connectivity index (χ4n) is 1.96. The Balaban J connectivity index is 0.00000162. The van der Waals surface area contributed by atoms with Gasteiger partial charge in [-0.15, -0.1) is 0 Å². The van der Waals surface area contributed by atoms with Gasteiger partial charge in [-0.05, 0) is 24.0 Å². The number of hydrogen-bond acceptors (Lipinski definition) is 1. The van der Waals surface area contributed by atoms with Gasteiger partial charge in [0.2, 0.25) is 0 Å². The summed E-state index contributed by atoms with van der Waals surface area (Å²) in [6.07, 6.45) is 2.05. The normalized spacial score (nSPS) is 11.6. The van der Waals surface area contributed by atoms with Crippen LogP contribution in [0.3, 0.4) is 0 Å². The van der Waals surface area contributed by atoms with Crippen LogP contribution in [-0.2, 0) is 11.3 Å². The van der Waals surface area contributed by atoms with Crippen molar-refractivity contribution in [1.82, 2.24) is 0 Å². The highest BCUT2D eigenvalue weighted by atomic mass is 35.5. The van der Waals surface area contributed by atoms with E-state index in [9.17, 15) is 0 Å². The predicted octanol–water partition coefficient (Wildman–Crippen LogP) is -0.462. The molecule has 0 aromatic heterocycles. The van der Waals surface area contributed by atoms with Crippen molar-refractivity contribution in [3.63, 3.8) is 0 Å². The van der Waals surface area contributed by atoms with Crippen LogP contribution >= 0.6 is 0 Å². The molecule has 0 amide bonds. The Morgan fingerprint density at radius 3 is 2.00 bits per heavy atom.